The minimum atomic E-state index is 0.265. The van der Waals surface area contributed by atoms with E-state index in [0.29, 0.717) is 12.3 Å². The van der Waals surface area contributed by atoms with Crippen molar-refractivity contribution in [1.82, 2.24) is 0 Å². The third-order valence-electron chi connectivity index (χ3n) is 2.47. The van der Waals surface area contributed by atoms with Gasteiger partial charge in [-0.1, -0.05) is 18.2 Å². The molecule has 1 aliphatic rings. The third-order valence-corrected chi connectivity index (χ3v) is 2.47. The molecule has 0 bridgehead atoms. The molecule has 0 amide bonds. The first-order chi connectivity index (χ1) is 6.33. The molecule has 0 fully saturated rings. The monoisotopic (exact) mass is 178 g/mol. The lowest BCUT2D eigenvalue weighted by Gasteiger charge is -2.14. The van der Waals surface area contributed by atoms with Crippen LogP contribution in [0.3, 0.4) is 0 Å². The Bertz CT molecular complexity index is 213. The van der Waals surface area contributed by atoms with E-state index >= 15 is 0 Å². The molecule has 0 spiro atoms. The van der Waals surface area contributed by atoms with Crippen LogP contribution in [0.5, 0.6) is 0 Å². The van der Waals surface area contributed by atoms with Gasteiger partial charge in [0.25, 0.3) is 0 Å². The van der Waals surface area contributed by atoms with Gasteiger partial charge in [0.05, 0.1) is 0 Å². The van der Waals surface area contributed by atoms with E-state index in [0.717, 1.165) is 6.42 Å². The number of rotatable bonds is 4. The summed E-state index contributed by atoms with van der Waals surface area (Å²) in [6.07, 6.45) is 13.5. The van der Waals surface area contributed by atoms with E-state index in [2.05, 4.69) is 12.2 Å². The van der Waals surface area contributed by atoms with Crippen LogP contribution in [-0.2, 0) is 4.79 Å². The molecule has 0 aliphatic heterocycles. The average molecular weight is 178 g/mol. The Kier molecular flexibility index (Phi) is 4.52. The highest BCUT2D eigenvalue weighted by atomic mass is 16.1. The van der Waals surface area contributed by atoms with E-state index < -0.39 is 0 Å². The molecule has 0 heterocycles. The molecule has 0 N–H and O–H groups in total. The van der Waals surface area contributed by atoms with Gasteiger partial charge in [-0.2, -0.15) is 0 Å². The fourth-order valence-electron chi connectivity index (χ4n) is 1.72. The van der Waals surface area contributed by atoms with E-state index in [1.54, 1.807) is 6.08 Å². The van der Waals surface area contributed by atoms with Crippen molar-refractivity contribution in [1.29, 1.82) is 0 Å². The second-order valence-electron chi connectivity index (χ2n) is 3.62. The first-order valence-electron chi connectivity index (χ1n) is 5.15. The number of hydrogen-bond donors (Lipinski definition) is 0. The maximum absolute atomic E-state index is 11.2. The zero-order valence-corrected chi connectivity index (χ0v) is 8.33. The van der Waals surface area contributed by atoms with E-state index in [9.17, 15) is 4.79 Å². The molecule has 72 valence electrons. The Labute approximate surface area is 80.5 Å². The van der Waals surface area contributed by atoms with Crippen molar-refractivity contribution in [3.8, 4) is 0 Å². The lowest BCUT2D eigenvalue weighted by Crippen LogP contribution is -2.03. The molecule has 0 aromatic rings. The zero-order chi connectivity index (χ0) is 9.52. The molecule has 0 radical (unpaired) electrons. The second-order valence-corrected chi connectivity index (χ2v) is 3.62. The van der Waals surface area contributed by atoms with E-state index in [1.165, 1.54) is 19.3 Å². The van der Waals surface area contributed by atoms with Gasteiger partial charge in [0.2, 0.25) is 0 Å². The highest BCUT2D eigenvalue weighted by Gasteiger charge is 2.09. The van der Waals surface area contributed by atoms with Crippen LogP contribution < -0.4 is 0 Å². The Morgan fingerprint density at radius 2 is 2.46 bits per heavy atom. The normalized spacial score (nSPS) is 22.4. The van der Waals surface area contributed by atoms with Crippen molar-refractivity contribution in [2.75, 3.05) is 0 Å². The topological polar surface area (TPSA) is 17.1 Å². The quantitative estimate of drug-likeness (QED) is 0.477. The van der Waals surface area contributed by atoms with Crippen LogP contribution in [0.15, 0.2) is 24.3 Å². The molecule has 1 nitrogen and oxygen atoms in total. The second kappa shape index (κ2) is 5.74. The Morgan fingerprint density at radius 3 is 3.08 bits per heavy atom. The summed E-state index contributed by atoms with van der Waals surface area (Å²) in [5.41, 5.74) is 0. The smallest absolute Gasteiger partial charge is 0.155 e. The van der Waals surface area contributed by atoms with Gasteiger partial charge in [-0.25, -0.2) is 0 Å². The van der Waals surface area contributed by atoms with Gasteiger partial charge in [0.15, 0.2) is 5.78 Å². The van der Waals surface area contributed by atoms with Crippen LogP contribution in [0.4, 0.5) is 0 Å². The summed E-state index contributed by atoms with van der Waals surface area (Å²) in [4.78, 5) is 11.2. The van der Waals surface area contributed by atoms with Gasteiger partial charge in [-0.3, -0.25) is 4.79 Å². The Hall–Kier alpha value is -0.850. The number of ketones is 1. The third kappa shape index (κ3) is 4.07. The minimum Gasteiger partial charge on any atom is -0.295 e. The predicted molar refractivity (Wildman–Crippen MR) is 55.5 cm³/mol. The highest BCUT2D eigenvalue weighted by Crippen LogP contribution is 2.21. The van der Waals surface area contributed by atoms with Crippen molar-refractivity contribution in [2.45, 2.75) is 39.0 Å². The number of carbonyl (C=O) groups is 1. The van der Waals surface area contributed by atoms with Crippen LogP contribution in [0.1, 0.15) is 39.0 Å². The fraction of sp³-hybridized carbons (Fsp3) is 0.583. The highest BCUT2D eigenvalue weighted by molar-refractivity contribution is 5.89. The fourth-order valence-corrected chi connectivity index (χ4v) is 1.72. The van der Waals surface area contributed by atoms with Crippen molar-refractivity contribution in [2.24, 2.45) is 5.92 Å². The van der Waals surface area contributed by atoms with Gasteiger partial charge in [0, 0.05) is 6.42 Å². The maximum atomic E-state index is 11.2. The number of carbonyl (C=O) groups excluding carboxylic acids is 1. The standard InChI is InChI=1S/C12H18O/c1-2-6-12(13)10-9-11-7-4-3-5-8-11/h2,4,6-7,11H,3,5,8-10H2,1H3. The predicted octanol–water partition coefficient (Wildman–Crippen LogP) is 3.27. The summed E-state index contributed by atoms with van der Waals surface area (Å²) in [6, 6.07) is 0. The first kappa shape index (κ1) is 10.2. The van der Waals surface area contributed by atoms with Crippen molar-refractivity contribution < 1.29 is 4.79 Å². The lowest BCUT2D eigenvalue weighted by molar-refractivity contribution is -0.114. The molecule has 1 heteroatoms. The van der Waals surface area contributed by atoms with Crippen molar-refractivity contribution in [3.05, 3.63) is 24.3 Å². The van der Waals surface area contributed by atoms with E-state index in [1.807, 2.05) is 13.0 Å². The SMILES string of the molecule is CC=CC(=O)CCC1C=CCCC1. The molecule has 0 saturated carbocycles. The van der Waals surface area contributed by atoms with Crippen molar-refractivity contribution >= 4 is 5.78 Å². The van der Waals surface area contributed by atoms with Crippen LogP contribution in [-0.4, -0.2) is 5.78 Å². The first-order valence-corrected chi connectivity index (χ1v) is 5.15. The van der Waals surface area contributed by atoms with Gasteiger partial charge >= 0.3 is 0 Å². The van der Waals surface area contributed by atoms with Gasteiger partial charge < -0.3 is 0 Å². The van der Waals surface area contributed by atoms with E-state index in [-0.39, 0.29) is 5.78 Å². The summed E-state index contributed by atoms with van der Waals surface area (Å²) >= 11 is 0. The molecular weight excluding hydrogens is 160 g/mol. The molecule has 0 aromatic carbocycles. The minimum absolute atomic E-state index is 0.265. The number of allylic oxidation sites excluding steroid dienone is 4. The van der Waals surface area contributed by atoms with Crippen molar-refractivity contribution in [3.63, 3.8) is 0 Å². The lowest BCUT2D eigenvalue weighted by atomic mass is 9.91. The molecule has 0 saturated heterocycles. The summed E-state index contributed by atoms with van der Waals surface area (Å²) in [7, 11) is 0. The molecule has 1 atom stereocenters. The molecule has 1 aliphatic carbocycles. The van der Waals surface area contributed by atoms with Crippen LogP contribution in [0.25, 0.3) is 0 Å². The van der Waals surface area contributed by atoms with Gasteiger partial charge in [0.1, 0.15) is 0 Å². The molecule has 1 rings (SSSR count). The summed E-state index contributed by atoms with van der Waals surface area (Å²) in [5, 5.41) is 0. The van der Waals surface area contributed by atoms with Crippen LogP contribution >= 0.6 is 0 Å². The Balaban J connectivity index is 2.21. The Morgan fingerprint density at radius 1 is 1.62 bits per heavy atom. The molecule has 1 unspecified atom stereocenters. The summed E-state index contributed by atoms with van der Waals surface area (Å²) < 4.78 is 0. The number of hydrogen-bond acceptors (Lipinski definition) is 1. The average Bonchev–Trinajstić information content (AvgIpc) is 2.17. The summed E-state index contributed by atoms with van der Waals surface area (Å²) in [6.45, 7) is 1.89. The van der Waals surface area contributed by atoms with Gasteiger partial charge in [-0.15, -0.1) is 0 Å². The maximum Gasteiger partial charge on any atom is 0.155 e. The van der Waals surface area contributed by atoms with E-state index in [4.69, 9.17) is 0 Å². The van der Waals surface area contributed by atoms with Crippen LogP contribution in [0, 0.1) is 5.92 Å². The van der Waals surface area contributed by atoms with Gasteiger partial charge in [-0.05, 0) is 44.6 Å². The zero-order valence-electron chi connectivity index (χ0n) is 8.33. The molecule has 0 aromatic heterocycles. The molecular formula is C12H18O. The summed E-state index contributed by atoms with van der Waals surface area (Å²) in [5.74, 6) is 0.921. The molecule has 13 heavy (non-hydrogen) atoms. The largest absolute Gasteiger partial charge is 0.295 e. The van der Waals surface area contributed by atoms with Crippen LogP contribution in [0.2, 0.25) is 0 Å².